The van der Waals surface area contributed by atoms with Crippen molar-refractivity contribution in [2.45, 2.75) is 25.7 Å². The summed E-state index contributed by atoms with van der Waals surface area (Å²) in [6.07, 6.45) is 7.12. The Balaban J connectivity index is 1.98. The van der Waals surface area contributed by atoms with Crippen molar-refractivity contribution < 1.29 is 4.79 Å². The first-order valence-electron chi connectivity index (χ1n) is 4.46. The van der Waals surface area contributed by atoms with Crippen LogP contribution >= 0.6 is 0 Å². The minimum absolute atomic E-state index is 0.282. The number of nitrogens with two attached hydrogens (primary N) is 1. The molecule has 0 aliphatic heterocycles. The molecule has 0 unspecified atom stereocenters. The predicted molar refractivity (Wildman–Crippen MR) is 48.6 cm³/mol. The van der Waals surface area contributed by atoms with Crippen molar-refractivity contribution in [2.24, 2.45) is 5.73 Å². The summed E-state index contributed by atoms with van der Waals surface area (Å²) in [7, 11) is 0. The SMILES string of the molecule is NC(=O)CNCCC1=CCCC1. The molecule has 1 aliphatic rings. The van der Waals surface area contributed by atoms with E-state index < -0.39 is 0 Å². The predicted octanol–water partition coefficient (Wildman–Crippen LogP) is 0.562. The molecule has 0 aromatic rings. The van der Waals surface area contributed by atoms with Crippen LogP contribution in [0.1, 0.15) is 25.7 Å². The third kappa shape index (κ3) is 3.53. The van der Waals surface area contributed by atoms with Crippen LogP contribution in [-0.2, 0) is 4.79 Å². The van der Waals surface area contributed by atoms with Gasteiger partial charge in [-0.25, -0.2) is 0 Å². The first kappa shape index (κ1) is 9.26. The highest BCUT2D eigenvalue weighted by atomic mass is 16.1. The molecule has 0 fully saturated rings. The van der Waals surface area contributed by atoms with E-state index in [9.17, 15) is 4.79 Å². The maximum atomic E-state index is 10.3. The third-order valence-electron chi connectivity index (χ3n) is 2.06. The van der Waals surface area contributed by atoms with E-state index in [2.05, 4.69) is 11.4 Å². The van der Waals surface area contributed by atoms with Crippen molar-refractivity contribution >= 4 is 5.91 Å². The summed E-state index contributed by atoms with van der Waals surface area (Å²) in [5, 5.41) is 3.00. The van der Waals surface area contributed by atoms with E-state index in [-0.39, 0.29) is 5.91 Å². The molecule has 0 aromatic heterocycles. The van der Waals surface area contributed by atoms with Crippen LogP contribution in [0.3, 0.4) is 0 Å². The van der Waals surface area contributed by atoms with E-state index in [1.165, 1.54) is 24.8 Å². The molecule has 0 heterocycles. The van der Waals surface area contributed by atoms with E-state index >= 15 is 0 Å². The Kier molecular flexibility index (Phi) is 3.80. The fourth-order valence-electron chi connectivity index (χ4n) is 1.42. The van der Waals surface area contributed by atoms with E-state index in [0.29, 0.717) is 6.54 Å². The van der Waals surface area contributed by atoms with Gasteiger partial charge in [-0.05, 0) is 32.2 Å². The number of primary amides is 1. The summed E-state index contributed by atoms with van der Waals surface area (Å²) in [6.45, 7) is 1.17. The largest absolute Gasteiger partial charge is 0.369 e. The van der Waals surface area contributed by atoms with Crippen LogP contribution < -0.4 is 11.1 Å². The second-order valence-corrected chi connectivity index (χ2v) is 3.15. The van der Waals surface area contributed by atoms with Crippen LogP contribution in [-0.4, -0.2) is 19.0 Å². The van der Waals surface area contributed by atoms with Gasteiger partial charge in [0.25, 0.3) is 0 Å². The van der Waals surface area contributed by atoms with Gasteiger partial charge in [0.15, 0.2) is 0 Å². The Morgan fingerprint density at radius 3 is 3.08 bits per heavy atom. The highest BCUT2D eigenvalue weighted by molar-refractivity contribution is 5.75. The molecule has 0 bridgehead atoms. The fraction of sp³-hybridized carbons (Fsp3) is 0.667. The smallest absolute Gasteiger partial charge is 0.231 e. The van der Waals surface area contributed by atoms with Gasteiger partial charge in [0, 0.05) is 0 Å². The molecule has 0 atom stereocenters. The summed E-state index contributed by atoms with van der Waals surface area (Å²) in [6, 6.07) is 0. The Labute approximate surface area is 73.0 Å². The van der Waals surface area contributed by atoms with Crippen LogP contribution in [0, 0.1) is 0 Å². The van der Waals surface area contributed by atoms with Gasteiger partial charge in [0.1, 0.15) is 0 Å². The van der Waals surface area contributed by atoms with Crippen molar-refractivity contribution in [3.8, 4) is 0 Å². The number of carbonyl (C=O) groups excluding carboxylic acids is 1. The van der Waals surface area contributed by atoms with Crippen LogP contribution in [0.2, 0.25) is 0 Å². The average molecular weight is 168 g/mol. The number of carbonyl (C=O) groups is 1. The van der Waals surface area contributed by atoms with E-state index in [4.69, 9.17) is 5.73 Å². The van der Waals surface area contributed by atoms with E-state index in [1.807, 2.05) is 0 Å². The monoisotopic (exact) mass is 168 g/mol. The number of rotatable bonds is 5. The zero-order chi connectivity index (χ0) is 8.81. The minimum Gasteiger partial charge on any atom is -0.369 e. The van der Waals surface area contributed by atoms with E-state index in [1.54, 1.807) is 0 Å². The summed E-state index contributed by atoms with van der Waals surface area (Å²) in [5.41, 5.74) is 6.49. The quantitative estimate of drug-likeness (QED) is 0.465. The van der Waals surface area contributed by atoms with Crippen molar-refractivity contribution in [2.75, 3.05) is 13.1 Å². The lowest BCUT2D eigenvalue weighted by atomic mass is 10.2. The fourth-order valence-corrected chi connectivity index (χ4v) is 1.42. The molecule has 0 saturated heterocycles. The van der Waals surface area contributed by atoms with Crippen molar-refractivity contribution in [1.82, 2.24) is 5.32 Å². The number of allylic oxidation sites excluding steroid dienone is 1. The molecule has 0 radical (unpaired) electrons. The summed E-state index contributed by atoms with van der Waals surface area (Å²) >= 11 is 0. The van der Waals surface area contributed by atoms with Crippen molar-refractivity contribution in [3.05, 3.63) is 11.6 Å². The van der Waals surface area contributed by atoms with Gasteiger partial charge in [-0.15, -0.1) is 0 Å². The molecule has 1 aliphatic carbocycles. The maximum absolute atomic E-state index is 10.3. The summed E-state index contributed by atoms with van der Waals surface area (Å²) in [4.78, 5) is 10.3. The maximum Gasteiger partial charge on any atom is 0.231 e. The standard InChI is InChI=1S/C9H16N2O/c10-9(12)7-11-6-5-8-3-1-2-4-8/h3,11H,1-2,4-7H2,(H2,10,12). The molecule has 0 saturated carbocycles. The van der Waals surface area contributed by atoms with E-state index in [0.717, 1.165) is 13.0 Å². The lowest BCUT2D eigenvalue weighted by molar-refractivity contribution is -0.117. The Bertz CT molecular complexity index is 187. The van der Waals surface area contributed by atoms with Gasteiger partial charge < -0.3 is 11.1 Å². The van der Waals surface area contributed by atoms with Crippen LogP contribution in [0.5, 0.6) is 0 Å². The van der Waals surface area contributed by atoms with Gasteiger partial charge in [-0.2, -0.15) is 0 Å². The highest BCUT2D eigenvalue weighted by Crippen LogP contribution is 2.19. The molecule has 1 rings (SSSR count). The summed E-state index contributed by atoms with van der Waals surface area (Å²) < 4.78 is 0. The first-order chi connectivity index (χ1) is 5.79. The molecule has 12 heavy (non-hydrogen) atoms. The first-order valence-corrected chi connectivity index (χ1v) is 4.46. The molecule has 1 amide bonds. The second kappa shape index (κ2) is 4.93. The Morgan fingerprint density at radius 2 is 2.50 bits per heavy atom. The number of nitrogens with one attached hydrogen (secondary N) is 1. The Morgan fingerprint density at radius 1 is 1.67 bits per heavy atom. The molecule has 3 heteroatoms. The number of amides is 1. The van der Waals surface area contributed by atoms with Gasteiger partial charge >= 0.3 is 0 Å². The molecular weight excluding hydrogens is 152 g/mol. The molecule has 0 spiro atoms. The average Bonchev–Trinajstić information content (AvgIpc) is 2.49. The minimum atomic E-state index is -0.282. The third-order valence-corrected chi connectivity index (χ3v) is 2.06. The van der Waals surface area contributed by atoms with Gasteiger partial charge in [0.2, 0.25) is 5.91 Å². The molecular formula is C9H16N2O. The normalized spacial score (nSPS) is 16.2. The van der Waals surface area contributed by atoms with Crippen LogP contribution in [0.15, 0.2) is 11.6 Å². The molecule has 3 N–H and O–H groups in total. The Hall–Kier alpha value is -0.830. The van der Waals surface area contributed by atoms with Crippen LogP contribution in [0.4, 0.5) is 0 Å². The second-order valence-electron chi connectivity index (χ2n) is 3.15. The zero-order valence-corrected chi connectivity index (χ0v) is 7.31. The van der Waals surface area contributed by atoms with Gasteiger partial charge in [-0.3, -0.25) is 4.79 Å². The lowest BCUT2D eigenvalue weighted by Gasteiger charge is -2.02. The zero-order valence-electron chi connectivity index (χ0n) is 7.31. The number of hydrogen-bond donors (Lipinski definition) is 2. The van der Waals surface area contributed by atoms with Crippen LogP contribution in [0.25, 0.3) is 0 Å². The highest BCUT2D eigenvalue weighted by Gasteiger charge is 2.03. The lowest BCUT2D eigenvalue weighted by Crippen LogP contribution is -2.29. The van der Waals surface area contributed by atoms with Crippen molar-refractivity contribution in [3.63, 3.8) is 0 Å². The molecule has 68 valence electrons. The topological polar surface area (TPSA) is 55.1 Å². The van der Waals surface area contributed by atoms with Crippen molar-refractivity contribution in [1.29, 1.82) is 0 Å². The molecule has 0 aromatic carbocycles. The van der Waals surface area contributed by atoms with Gasteiger partial charge in [-0.1, -0.05) is 11.6 Å². The number of hydrogen-bond acceptors (Lipinski definition) is 2. The summed E-state index contributed by atoms with van der Waals surface area (Å²) in [5.74, 6) is -0.282. The molecule has 3 nitrogen and oxygen atoms in total. The van der Waals surface area contributed by atoms with Gasteiger partial charge in [0.05, 0.1) is 6.54 Å².